The highest BCUT2D eigenvalue weighted by Crippen LogP contribution is 2.34. The van der Waals surface area contributed by atoms with Crippen LogP contribution in [0.1, 0.15) is 66.8 Å². The van der Waals surface area contributed by atoms with Gasteiger partial charge in [-0.25, -0.2) is 4.68 Å². The van der Waals surface area contributed by atoms with E-state index in [1.54, 1.807) is 0 Å². The van der Waals surface area contributed by atoms with Crippen molar-refractivity contribution in [2.45, 2.75) is 57.2 Å². The molecule has 28 heavy (non-hydrogen) atoms. The van der Waals surface area contributed by atoms with Crippen LogP contribution in [0.3, 0.4) is 0 Å². The SMILES string of the molecule is c1ccc([C@H](c2nnnn2C2CCCCC2)N2CCc3ccccc3C2)nc1. The van der Waals surface area contributed by atoms with Crippen LogP contribution in [0.5, 0.6) is 0 Å². The average molecular weight is 374 g/mol. The second kappa shape index (κ2) is 7.80. The van der Waals surface area contributed by atoms with Gasteiger partial charge in [0.15, 0.2) is 5.82 Å². The minimum Gasteiger partial charge on any atom is -0.284 e. The Morgan fingerprint density at radius 3 is 2.57 bits per heavy atom. The maximum absolute atomic E-state index is 4.70. The summed E-state index contributed by atoms with van der Waals surface area (Å²) >= 11 is 0. The number of hydrogen-bond acceptors (Lipinski definition) is 5. The Morgan fingerprint density at radius 2 is 1.75 bits per heavy atom. The molecule has 6 heteroatoms. The summed E-state index contributed by atoms with van der Waals surface area (Å²) in [4.78, 5) is 7.18. The summed E-state index contributed by atoms with van der Waals surface area (Å²) in [6.45, 7) is 1.88. The predicted molar refractivity (Wildman–Crippen MR) is 107 cm³/mol. The number of fused-ring (bicyclic) bond motifs is 1. The lowest BCUT2D eigenvalue weighted by molar-refractivity contribution is 0.184. The molecule has 0 spiro atoms. The third-order valence-electron chi connectivity index (χ3n) is 6.18. The van der Waals surface area contributed by atoms with Crippen molar-refractivity contribution in [3.8, 4) is 0 Å². The van der Waals surface area contributed by atoms with Gasteiger partial charge >= 0.3 is 0 Å². The van der Waals surface area contributed by atoms with E-state index >= 15 is 0 Å². The smallest absolute Gasteiger partial charge is 0.174 e. The first-order valence-corrected chi connectivity index (χ1v) is 10.4. The highest BCUT2D eigenvalue weighted by molar-refractivity contribution is 5.30. The molecule has 1 saturated carbocycles. The Kier molecular flexibility index (Phi) is 4.87. The molecule has 0 saturated heterocycles. The number of tetrazole rings is 1. The van der Waals surface area contributed by atoms with Gasteiger partial charge in [-0.15, -0.1) is 5.10 Å². The lowest BCUT2D eigenvalue weighted by Crippen LogP contribution is -2.37. The molecule has 0 radical (unpaired) electrons. The fraction of sp³-hybridized carbons (Fsp3) is 0.455. The van der Waals surface area contributed by atoms with Gasteiger partial charge in [0.1, 0.15) is 6.04 Å². The van der Waals surface area contributed by atoms with E-state index in [0.717, 1.165) is 43.9 Å². The number of hydrogen-bond donors (Lipinski definition) is 0. The molecule has 6 nitrogen and oxygen atoms in total. The van der Waals surface area contributed by atoms with Crippen molar-refractivity contribution in [2.24, 2.45) is 0 Å². The molecule has 0 amide bonds. The van der Waals surface area contributed by atoms with Gasteiger partial charge in [0.25, 0.3) is 0 Å². The molecule has 1 aliphatic heterocycles. The van der Waals surface area contributed by atoms with E-state index in [1.165, 1.54) is 30.4 Å². The highest BCUT2D eigenvalue weighted by Gasteiger charge is 2.33. The van der Waals surface area contributed by atoms with Gasteiger partial charge < -0.3 is 0 Å². The molecule has 5 rings (SSSR count). The number of rotatable bonds is 4. The molecule has 1 aromatic carbocycles. The molecule has 144 valence electrons. The molecule has 2 aliphatic rings. The van der Waals surface area contributed by atoms with E-state index in [0.29, 0.717) is 6.04 Å². The third-order valence-corrected chi connectivity index (χ3v) is 6.18. The van der Waals surface area contributed by atoms with Crippen molar-refractivity contribution in [1.82, 2.24) is 30.1 Å². The van der Waals surface area contributed by atoms with Crippen LogP contribution in [0.2, 0.25) is 0 Å². The van der Waals surface area contributed by atoms with E-state index in [2.05, 4.69) is 61.5 Å². The van der Waals surface area contributed by atoms with Crippen molar-refractivity contribution in [1.29, 1.82) is 0 Å². The highest BCUT2D eigenvalue weighted by atomic mass is 15.6. The molecule has 3 heterocycles. The van der Waals surface area contributed by atoms with E-state index in [9.17, 15) is 0 Å². The van der Waals surface area contributed by atoms with Crippen molar-refractivity contribution in [3.05, 3.63) is 71.3 Å². The Labute approximate surface area is 165 Å². The molecule has 3 aromatic rings. The van der Waals surface area contributed by atoms with E-state index in [1.807, 2.05) is 12.3 Å². The number of aromatic nitrogens is 5. The Morgan fingerprint density at radius 1 is 0.929 bits per heavy atom. The maximum Gasteiger partial charge on any atom is 0.174 e. The Balaban J connectivity index is 1.53. The van der Waals surface area contributed by atoms with Gasteiger partial charge in [-0.1, -0.05) is 49.6 Å². The van der Waals surface area contributed by atoms with Crippen LogP contribution in [-0.4, -0.2) is 36.6 Å². The molecular weight excluding hydrogens is 348 g/mol. The van der Waals surface area contributed by atoms with Crippen LogP contribution < -0.4 is 0 Å². The summed E-state index contributed by atoms with van der Waals surface area (Å²) in [5.41, 5.74) is 3.87. The normalized spacial score (nSPS) is 19.3. The molecule has 0 unspecified atom stereocenters. The largest absolute Gasteiger partial charge is 0.284 e. The minimum atomic E-state index is -0.0218. The lowest BCUT2D eigenvalue weighted by Gasteiger charge is -2.35. The van der Waals surface area contributed by atoms with Gasteiger partial charge in [0.2, 0.25) is 0 Å². The Bertz CT molecular complexity index is 916. The molecule has 0 N–H and O–H groups in total. The first-order chi connectivity index (χ1) is 13.9. The summed E-state index contributed by atoms with van der Waals surface area (Å²) in [5, 5.41) is 13.0. The van der Waals surface area contributed by atoms with Crippen LogP contribution in [0, 0.1) is 0 Å². The molecular formula is C22H26N6. The fourth-order valence-electron chi connectivity index (χ4n) is 4.72. The van der Waals surface area contributed by atoms with Crippen molar-refractivity contribution in [3.63, 3.8) is 0 Å². The topological polar surface area (TPSA) is 59.7 Å². The molecule has 1 atom stereocenters. The van der Waals surface area contributed by atoms with Crippen LogP contribution in [0.25, 0.3) is 0 Å². The van der Waals surface area contributed by atoms with E-state index in [4.69, 9.17) is 4.98 Å². The van der Waals surface area contributed by atoms with Gasteiger partial charge in [-0.05, 0) is 52.9 Å². The zero-order chi connectivity index (χ0) is 18.8. The van der Waals surface area contributed by atoms with Gasteiger partial charge in [0.05, 0.1) is 11.7 Å². The average Bonchev–Trinajstić information content (AvgIpc) is 3.25. The molecule has 2 aromatic heterocycles. The minimum absolute atomic E-state index is 0.0218. The quantitative estimate of drug-likeness (QED) is 0.696. The monoisotopic (exact) mass is 374 g/mol. The van der Waals surface area contributed by atoms with Gasteiger partial charge in [0, 0.05) is 19.3 Å². The third kappa shape index (κ3) is 3.33. The van der Waals surface area contributed by atoms with Crippen molar-refractivity contribution in [2.75, 3.05) is 6.54 Å². The summed E-state index contributed by atoms with van der Waals surface area (Å²) in [6, 6.07) is 15.3. The number of benzene rings is 1. The second-order valence-electron chi connectivity index (χ2n) is 7.92. The summed E-state index contributed by atoms with van der Waals surface area (Å²) in [7, 11) is 0. The van der Waals surface area contributed by atoms with Gasteiger partial charge in [-0.3, -0.25) is 9.88 Å². The van der Waals surface area contributed by atoms with Crippen LogP contribution >= 0.6 is 0 Å². The van der Waals surface area contributed by atoms with E-state index < -0.39 is 0 Å². The van der Waals surface area contributed by atoms with Crippen molar-refractivity contribution >= 4 is 0 Å². The molecule has 0 bridgehead atoms. The number of pyridine rings is 1. The summed E-state index contributed by atoms with van der Waals surface area (Å²) < 4.78 is 2.10. The lowest BCUT2D eigenvalue weighted by atomic mass is 9.94. The Hall–Kier alpha value is -2.60. The zero-order valence-corrected chi connectivity index (χ0v) is 16.1. The summed E-state index contributed by atoms with van der Waals surface area (Å²) in [6.07, 6.45) is 9.08. The van der Waals surface area contributed by atoms with Crippen molar-refractivity contribution < 1.29 is 0 Å². The van der Waals surface area contributed by atoms with Crippen LogP contribution in [-0.2, 0) is 13.0 Å². The fourth-order valence-corrected chi connectivity index (χ4v) is 4.72. The zero-order valence-electron chi connectivity index (χ0n) is 16.1. The maximum atomic E-state index is 4.70. The van der Waals surface area contributed by atoms with Crippen LogP contribution in [0.15, 0.2) is 48.7 Å². The second-order valence-corrected chi connectivity index (χ2v) is 7.92. The first-order valence-electron chi connectivity index (χ1n) is 10.4. The molecule has 1 fully saturated rings. The van der Waals surface area contributed by atoms with E-state index in [-0.39, 0.29) is 6.04 Å². The van der Waals surface area contributed by atoms with Gasteiger partial charge in [-0.2, -0.15) is 0 Å². The first kappa shape index (κ1) is 17.5. The summed E-state index contributed by atoms with van der Waals surface area (Å²) in [5.74, 6) is 0.935. The predicted octanol–water partition coefficient (Wildman–Crippen LogP) is 3.72. The number of nitrogens with zero attached hydrogens (tertiary/aromatic N) is 6. The standard InChI is InChI=1S/C22H26N6/c1-2-10-19(11-3-1)28-22(24-25-26-28)21(20-12-6-7-14-23-20)27-15-13-17-8-4-5-9-18(17)16-27/h4-9,12,14,19,21H,1-3,10-11,13,15-16H2/t21-/m1/s1. The molecule has 1 aliphatic carbocycles. The van der Waals surface area contributed by atoms with Crippen LogP contribution in [0.4, 0.5) is 0 Å².